The second kappa shape index (κ2) is 6.23. The molecule has 0 aliphatic carbocycles. The summed E-state index contributed by atoms with van der Waals surface area (Å²) in [6.07, 6.45) is 0. The number of carbonyl (C=O) groups excluding carboxylic acids is 1. The number of hydrogen-bond acceptors (Lipinski definition) is 4. The van der Waals surface area contributed by atoms with Crippen molar-refractivity contribution in [2.24, 2.45) is 0 Å². The van der Waals surface area contributed by atoms with Gasteiger partial charge in [0.2, 0.25) is 0 Å². The number of thiophene rings is 1. The molecule has 7 heteroatoms. The van der Waals surface area contributed by atoms with Crippen LogP contribution in [0.25, 0.3) is 0 Å². The molecule has 0 aliphatic heterocycles. The van der Waals surface area contributed by atoms with Crippen molar-refractivity contribution >= 4 is 45.8 Å². The Morgan fingerprint density at radius 3 is 2.60 bits per heavy atom. The van der Waals surface area contributed by atoms with Gasteiger partial charge in [-0.3, -0.25) is 4.79 Å². The maximum Gasteiger partial charge on any atom is 0.331 e. The summed E-state index contributed by atoms with van der Waals surface area (Å²) in [5.74, 6) is -1.69. The molecule has 0 saturated carbocycles. The molecule has 1 aromatic carbocycles. The number of amides is 1. The zero-order chi connectivity index (χ0) is 14.7. The molecule has 0 radical (unpaired) electrons. The Morgan fingerprint density at radius 2 is 2.05 bits per heavy atom. The standard InChI is InChI=1S/C13H10INO4S/c14-8-4-3-7(6-9(8)16)12(17)15-11(13(18)19)10-2-1-5-20-10/h1-6,11,16H,(H,15,17)(H,18,19). The molecule has 0 aliphatic rings. The van der Waals surface area contributed by atoms with Crippen molar-refractivity contribution in [2.75, 3.05) is 0 Å². The predicted molar refractivity (Wildman–Crippen MR) is 83.0 cm³/mol. The number of aliphatic carboxylic acids is 1. The number of aromatic hydroxyl groups is 1. The minimum absolute atomic E-state index is 0.0127. The smallest absolute Gasteiger partial charge is 0.331 e. The van der Waals surface area contributed by atoms with Gasteiger partial charge in [-0.1, -0.05) is 6.07 Å². The summed E-state index contributed by atoms with van der Waals surface area (Å²) in [5, 5.41) is 22.9. The highest BCUT2D eigenvalue weighted by Gasteiger charge is 2.23. The zero-order valence-corrected chi connectivity index (χ0v) is 13.0. The molecule has 1 aromatic heterocycles. The number of carboxylic acids is 1. The van der Waals surface area contributed by atoms with E-state index < -0.39 is 17.9 Å². The molecule has 5 nitrogen and oxygen atoms in total. The molecule has 0 fully saturated rings. The lowest BCUT2D eigenvalue weighted by Crippen LogP contribution is -2.33. The second-order valence-electron chi connectivity index (χ2n) is 3.93. The van der Waals surface area contributed by atoms with Crippen molar-refractivity contribution in [3.05, 3.63) is 49.7 Å². The van der Waals surface area contributed by atoms with Gasteiger partial charge in [0.05, 0.1) is 3.57 Å². The van der Waals surface area contributed by atoms with E-state index in [-0.39, 0.29) is 11.3 Å². The van der Waals surface area contributed by atoms with E-state index in [0.29, 0.717) is 8.45 Å². The van der Waals surface area contributed by atoms with Crippen LogP contribution in [0.2, 0.25) is 0 Å². The molecule has 2 aromatic rings. The highest BCUT2D eigenvalue weighted by Crippen LogP contribution is 2.22. The van der Waals surface area contributed by atoms with Gasteiger partial charge < -0.3 is 15.5 Å². The molecule has 20 heavy (non-hydrogen) atoms. The number of carbonyl (C=O) groups is 2. The maximum absolute atomic E-state index is 12.0. The topological polar surface area (TPSA) is 86.6 Å². The molecule has 2 rings (SSSR count). The van der Waals surface area contributed by atoms with Crippen LogP contribution in [0.4, 0.5) is 0 Å². The fraction of sp³-hybridized carbons (Fsp3) is 0.0769. The maximum atomic E-state index is 12.0. The van der Waals surface area contributed by atoms with E-state index in [1.54, 1.807) is 23.6 Å². The summed E-state index contributed by atoms with van der Waals surface area (Å²) in [4.78, 5) is 23.8. The van der Waals surface area contributed by atoms with Crippen LogP contribution in [0.15, 0.2) is 35.7 Å². The Balaban J connectivity index is 2.20. The Labute approximate surface area is 132 Å². The average molecular weight is 403 g/mol. The first-order valence-corrected chi connectivity index (χ1v) is 7.50. The van der Waals surface area contributed by atoms with Gasteiger partial charge >= 0.3 is 5.97 Å². The van der Waals surface area contributed by atoms with E-state index in [9.17, 15) is 19.8 Å². The van der Waals surface area contributed by atoms with E-state index in [1.165, 1.54) is 23.5 Å². The van der Waals surface area contributed by atoms with Crippen molar-refractivity contribution in [1.82, 2.24) is 5.32 Å². The summed E-state index contributed by atoms with van der Waals surface area (Å²) in [6, 6.07) is 6.71. The summed E-state index contributed by atoms with van der Waals surface area (Å²) >= 11 is 3.19. The SMILES string of the molecule is O=C(NC(C(=O)O)c1cccs1)c1ccc(I)c(O)c1. The first-order valence-electron chi connectivity index (χ1n) is 5.54. The van der Waals surface area contributed by atoms with Gasteiger partial charge in [-0.15, -0.1) is 11.3 Å². The number of hydrogen-bond donors (Lipinski definition) is 3. The highest BCUT2D eigenvalue weighted by molar-refractivity contribution is 14.1. The largest absolute Gasteiger partial charge is 0.507 e. The normalized spacial score (nSPS) is 11.8. The Morgan fingerprint density at radius 1 is 1.30 bits per heavy atom. The van der Waals surface area contributed by atoms with Gasteiger partial charge in [-0.2, -0.15) is 0 Å². The van der Waals surface area contributed by atoms with Gasteiger partial charge in [0.1, 0.15) is 5.75 Å². The van der Waals surface area contributed by atoms with Crippen molar-refractivity contribution < 1.29 is 19.8 Å². The lowest BCUT2D eigenvalue weighted by atomic mass is 10.1. The minimum Gasteiger partial charge on any atom is -0.507 e. The fourth-order valence-corrected chi connectivity index (χ4v) is 2.68. The first-order chi connectivity index (χ1) is 9.49. The van der Waals surface area contributed by atoms with Crippen molar-refractivity contribution in [3.63, 3.8) is 0 Å². The summed E-state index contributed by atoms with van der Waals surface area (Å²) in [7, 11) is 0. The molecule has 3 N–H and O–H groups in total. The zero-order valence-electron chi connectivity index (χ0n) is 10.0. The molecule has 1 atom stereocenters. The number of carboxylic acid groups (broad SMARTS) is 1. The van der Waals surface area contributed by atoms with Crippen molar-refractivity contribution in [2.45, 2.75) is 6.04 Å². The molecule has 1 heterocycles. The first kappa shape index (κ1) is 14.8. The van der Waals surface area contributed by atoms with Gasteiger partial charge in [0, 0.05) is 10.4 Å². The third-order valence-electron chi connectivity index (χ3n) is 2.56. The summed E-state index contributed by atoms with van der Waals surface area (Å²) in [6.45, 7) is 0. The molecule has 0 saturated heterocycles. The number of halogens is 1. The highest BCUT2D eigenvalue weighted by atomic mass is 127. The van der Waals surface area contributed by atoms with Crippen LogP contribution in [0.3, 0.4) is 0 Å². The molecule has 1 amide bonds. The number of phenols is 1. The van der Waals surface area contributed by atoms with Crippen molar-refractivity contribution in [1.29, 1.82) is 0 Å². The lowest BCUT2D eigenvalue weighted by molar-refractivity contribution is -0.139. The van der Waals surface area contributed by atoms with Gasteiger partial charge in [-0.25, -0.2) is 4.79 Å². The van der Waals surface area contributed by atoms with Crippen molar-refractivity contribution in [3.8, 4) is 5.75 Å². The van der Waals surface area contributed by atoms with E-state index in [4.69, 9.17) is 0 Å². The third-order valence-corrected chi connectivity index (χ3v) is 4.41. The predicted octanol–water partition coefficient (Wildman–Crippen LogP) is 2.61. The molecule has 104 valence electrons. The Hall–Kier alpha value is -1.61. The van der Waals surface area contributed by atoms with Crippen LogP contribution in [0.5, 0.6) is 5.75 Å². The minimum atomic E-state index is -1.13. The van der Waals surface area contributed by atoms with E-state index in [1.807, 2.05) is 22.6 Å². The van der Waals surface area contributed by atoms with Crippen LogP contribution >= 0.6 is 33.9 Å². The third kappa shape index (κ3) is 3.28. The van der Waals surface area contributed by atoms with E-state index >= 15 is 0 Å². The summed E-state index contributed by atoms with van der Waals surface area (Å²) < 4.78 is 0.618. The van der Waals surface area contributed by atoms with E-state index in [2.05, 4.69) is 5.32 Å². The number of phenolic OH excluding ortho intramolecular Hbond substituents is 1. The molecular formula is C13H10INO4S. The number of rotatable bonds is 4. The number of benzene rings is 1. The van der Waals surface area contributed by atoms with Gasteiger partial charge in [0.15, 0.2) is 6.04 Å². The van der Waals surface area contributed by atoms with Gasteiger partial charge in [-0.05, 0) is 52.2 Å². The Bertz CT molecular complexity index is 642. The molecule has 1 unspecified atom stereocenters. The average Bonchev–Trinajstić information content (AvgIpc) is 2.92. The van der Waals surface area contributed by atoms with Gasteiger partial charge in [0.25, 0.3) is 5.91 Å². The molecule has 0 spiro atoms. The van der Waals surface area contributed by atoms with E-state index in [0.717, 1.165) is 0 Å². The number of nitrogens with one attached hydrogen (secondary N) is 1. The Kier molecular flexibility index (Phi) is 4.61. The van der Waals surface area contributed by atoms with Crippen LogP contribution < -0.4 is 5.32 Å². The van der Waals surface area contributed by atoms with Crippen LogP contribution in [-0.2, 0) is 4.79 Å². The second-order valence-corrected chi connectivity index (χ2v) is 6.07. The monoisotopic (exact) mass is 403 g/mol. The lowest BCUT2D eigenvalue weighted by Gasteiger charge is -2.13. The van der Waals surface area contributed by atoms with Crippen LogP contribution in [0, 0.1) is 3.57 Å². The fourth-order valence-electron chi connectivity index (χ4n) is 1.58. The quantitative estimate of drug-likeness (QED) is 0.686. The molecule has 0 bridgehead atoms. The van der Waals surface area contributed by atoms with Crippen LogP contribution in [-0.4, -0.2) is 22.1 Å². The molecular weight excluding hydrogens is 393 g/mol. The summed E-state index contributed by atoms with van der Waals surface area (Å²) in [5.41, 5.74) is 0.214. The van der Waals surface area contributed by atoms with Crippen LogP contribution in [0.1, 0.15) is 21.3 Å².